The van der Waals surface area contributed by atoms with Gasteiger partial charge in [0.2, 0.25) is 0 Å². The monoisotopic (exact) mass is 126 g/mol. The molecule has 0 fully saturated rings. The first kappa shape index (κ1) is 8.28. The van der Waals surface area contributed by atoms with Crippen LogP contribution in [0.2, 0.25) is 0 Å². The van der Waals surface area contributed by atoms with Crippen molar-refractivity contribution in [2.75, 3.05) is 0 Å². The van der Waals surface area contributed by atoms with Crippen molar-refractivity contribution in [3.8, 4) is 0 Å². The van der Waals surface area contributed by atoms with Gasteiger partial charge < -0.3 is 5.11 Å². The highest BCUT2D eigenvalue weighted by Gasteiger charge is 1.93. The Morgan fingerprint density at radius 2 is 2.11 bits per heavy atom. The molecule has 0 atom stereocenters. The Morgan fingerprint density at radius 1 is 1.56 bits per heavy atom. The predicted octanol–water partition coefficient (Wildman–Crippen LogP) is 2.80. The minimum atomic E-state index is 0.208. The second-order valence-electron chi connectivity index (χ2n) is 1.94. The number of aliphatic hydroxyl groups excluding tert-OH is 1. The van der Waals surface area contributed by atoms with Crippen LogP contribution in [-0.4, -0.2) is 5.11 Å². The van der Waals surface area contributed by atoms with Crippen molar-refractivity contribution in [3.63, 3.8) is 0 Å². The third-order valence-corrected chi connectivity index (χ3v) is 1.20. The van der Waals surface area contributed by atoms with Crippen molar-refractivity contribution in [1.29, 1.82) is 0 Å². The molecule has 0 saturated heterocycles. The Balaban J connectivity index is 3.98. The Labute approximate surface area is 56.7 Å². The zero-order valence-electron chi connectivity index (χ0n) is 6.15. The van der Waals surface area contributed by atoms with Crippen molar-refractivity contribution < 1.29 is 5.11 Å². The van der Waals surface area contributed by atoms with Crippen molar-refractivity contribution in [1.82, 2.24) is 0 Å². The second-order valence-corrected chi connectivity index (χ2v) is 1.94. The lowest BCUT2D eigenvalue weighted by Crippen LogP contribution is -1.83. The van der Waals surface area contributed by atoms with Crippen LogP contribution < -0.4 is 0 Å². The van der Waals surface area contributed by atoms with Gasteiger partial charge in [0, 0.05) is 0 Å². The number of hydrogen-bond acceptors (Lipinski definition) is 1. The molecule has 0 aromatic rings. The van der Waals surface area contributed by atoms with E-state index in [0.717, 1.165) is 18.4 Å². The zero-order valence-corrected chi connectivity index (χ0v) is 6.15. The van der Waals surface area contributed by atoms with Crippen molar-refractivity contribution in [3.05, 3.63) is 24.0 Å². The number of rotatable bonds is 3. The highest BCUT2D eigenvalue weighted by Crippen LogP contribution is 2.08. The van der Waals surface area contributed by atoms with E-state index in [1.165, 1.54) is 0 Å². The van der Waals surface area contributed by atoms with Crippen molar-refractivity contribution in [2.45, 2.75) is 26.7 Å². The Bertz CT molecular complexity index is 123. The van der Waals surface area contributed by atoms with Gasteiger partial charge in [-0.1, -0.05) is 26.5 Å². The van der Waals surface area contributed by atoms with Gasteiger partial charge in [-0.15, -0.1) is 0 Å². The van der Waals surface area contributed by atoms with E-state index in [1.54, 1.807) is 0 Å². The van der Waals surface area contributed by atoms with Gasteiger partial charge in [-0.3, -0.25) is 0 Å². The number of hydrogen-bond donors (Lipinski definition) is 1. The van der Waals surface area contributed by atoms with Crippen LogP contribution in [0.25, 0.3) is 0 Å². The third-order valence-electron chi connectivity index (χ3n) is 1.20. The van der Waals surface area contributed by atoms with E-state index in [0.29, 0.717) is 0 Å². The van der Waals surface area contributed by atoms with E-state index >= 15 is 0 Å². The van der Waals surface area contributed by atoms with E-state index in [-0.39, 0.29) is 5.76 Å². The fourth-order valence-electron chi connectivity index (χ4n) is 0.713. The zero-order chi connectivity index (χ0) is 7.28. The fraction of sp³-hybridized carbons (Fsp3) is 0.500. The summed E-state index contributed by atoms with van der Waals surface area (Å²) in [5, 5.41) is 8.88. The van der Waals surface area contributed by atoms with Crippen molar-refractivity contribution >= 4 is 0 Å². The highest BCUT2D eigenvalue weighted by molar-refractivity contribution is 5.20. The molecule has 1 heteroatoms. The topological polar surface area (TPSA) is 20.2 Å². The fourth-order valence-corrected chi connectivity index (χ4v) is 0.713. The Hall–Kier alpha value is -0.720. The lowest BCUT2D eigenvalue weighted by atomic mass is 10.1. The van der Waals surface area contributed by atoms with E-state index in [1.807, 2.05) is 19.9 Å². The molecule has 0 spiro atoms. The first-order valence-corrected chi connectivity index (χ1v) is 3.29. The minimum Gasteiger partial charge on any atom is -0.508 e. The Morgan fingerprint density at radius 3 is 2.22 bits per heavy atom. The van der Waals surface area contributed by atoms with Crippen LogP contribution in [0.15, 0.2) is 24.0 Å². The molecule has 9 heavy (non-hydrogen) atoms. The minimum absolute atomic E-state index is 0.208. The summed E-state index contributed by atoms with van der Waals surface area (Å²) in [6.45, 7) is 7.48. The molecule has 0 unspecified atom stereocenters. The van der Waals surface area contributed by atoms with Crippen LogP contribution in [0, 0.1) is 0 Å². The molecule has 0 aromatic heterocycles. The maximum atomic E-state index is 8.88. The van der Waals surface area contributed by atoms with Gasteiger partial charge in [-0.2, -0.15) is 0 Å². The molecule has 0 aliphatic carbocycles. The van der Waals surface area contributed by atoms with Crippen LogP contribution in [0.4, 0.5) is 0 Å². The van der Waals surface area contributed by atoms with E-state index in [2.05, 4.69) is 6.58 Å². The van der Waals surface area contributed by atoms with Crippen LogP contribution in [0.3, 0.4) is 0 Å². The summed E-state index contributed by atoms with van der Waals surface area (Å²) in [4.78, 5) is 0. The van der Waals surface area contributed by atoms with Gasteiger partial charge >= 0.3 is 0 Å². The van der Waals surface area contributed by atoms with Crippen LogP contribution in [-0.2, 0) is 0 Å². The first-order valence-electron chi connectivity index (χ1n) is 3.29. The van der Waals surface area contributed by atoms with E-state index in [4.69, 9.17) is 5.11 Å². The van der Waals surface area contributed by atoms with Gasteiger partial charge in [-0.05, 0) is 18.4 Å². The molecular weight excluding hydrogens is 112 g/mol. The lowest BCUT2D eigenvalue weighted by Gasteiger charge is -1.98. The lowest BCUT2D eigenvalue weighted by molar-refractivity contribution is 0.422. The molecule has 52 valence electrons. The first-order chi connectivity index (χ1) is 4.22. The number of aliphatic hydroxyl groups is 1. The standard InChI is InChI=1S/C8H14O/c1-4-6-8(5-2)7(3)9/h6,9H,3-5H2,1-2H3/b8-6+. The molecule has 0 heterocycles. The van der Waals surface area contributed by atoms with E-state index in [9.17, 15) is 0 Å². The molecule has 1 N–H and O–H groups in total. The summed E-state index contributed by atoms with van der Waals surface area (Å²) < 4.78 is 0. The molecule has 0 aliphatic rings. The van der Waals surface area contributed by atoms with Gasteiger partial charge in [-0.25, -0.2) is 0 Å². The third kappa shape index (κ3) is 2.96. The highest BCUT2D eigenvalue weighted by atomic mass is 16.3. The molecule has 0 radical (unpaired) electrons. The molecule has 0 aromatic carbocycles. The van der Waals surface area contributed by atoms with Gasteiger partial charge in [0.15, 0.2) is 0 Å². The van der Waals surface area contributed by atoms with Crippen LogP contribution >= 0.6 is 0 Å². The van der Waals surface area contributed by atoms with Crippen LogP contribution in [0.5, 0.6) is 0 Å². The van der Waals surface area contributed by atoms with E-state index < -0.39 is 0 Å². The molecule has 0 aliphatic heterocycles. The van der Waals surface area contributed by atoms with Gasteiger partial charge in [0.05, 0.1) is 0 Å². The molecule has 0 rings (SSSR count). The molecule has 0 bridgehead atoms. The predicted molar refractivity (Wildman–Crippen MR) is 40.4 cm³/mol. The largest absolute Gasteiger partial charge is 0.508 e. The Kier molecular flexibility index (Phi) is 3.85. The summed E-state index contributed by atoms with van der Waals surface area (Å²) in [7, 11) is 0. The summed E-state index contributed by atoms with van der Waals surface area (Å²) in [6.07, 6.45) is 3.81. The molecule has 1 nitrogen and oxygen atoms in total. The summed E-state index contributed by atoms with van der Waals surface area (Å²) in [5.74, 6) is 0.208. The average molecular weight is 126 g/mol. The quantitative estimate of drug-likeness (QED) is 0.455. The van der Waals surface area contributed by atoms with Crippen LogP contribution in [0.1, 0.15) is 26.7 Å². The summed E-state index contributed by atoms with van der Waals surface area (Å²) in [6, 6.07) is 0. The average Bonchev–Trinajstić information content (AvgIpc) is 1.82. The normalized spacial score (nSPS) is 11.6. The number of allylic oxidation sites excluding steroid dienone is 2. The van der Waals surface area contributed by atoms with Gasteiger partial charge in [0.25, 0.3) is 0 Å². The van der Waals surface area contributed by atoms with Crippen molar-refractivity contribution in [2.24, 2.45) is 0 Å². The second kappa shape index (κ2) is 4.19. The summed E-state index contributed by atoms with van der Waals surface area (Å²) >= 11 is 0. The van der Waals surface area contributed by atoms with Gasteiger partial charge in [0.1, 0.15) is 5.76 Å². The summed E-state index contributed by atoms with van der Waals surface area (Å²) in [5.41, 5.74) is 0.956. The smallest absolute Gasteiger partial charge is 0.111 e. The molecule has 0 amide bonds. The molecular formula is C8H14O. The maximum Gasteiger partial charge on any atom is 0.111 e. The SMILES string of the molecule is C=C(O)/C(=C/CC)CC. The maximum absolute atomic E-state index is 8.88. The molecule has 0 saturated carbocycles.